The van der Waals surface area contributed by atoms with Crippen LogP contribution in [-0.2, 0) is 9.47 Å². The van der Waals surface area contributed by atoms with E-state index in [1.165, 1.54) is 32.1 Å². The third-order valence-electron chi connectivity index (χ3n) is 3.61. The SMILES string of the molecule is CC(C)C/C=C(/OC1CCCCC1)C1C=CCO1. The maximum Gasteiger partial charge on any atom is 0.133 e. The van der Waals surface area contributed by atoms with Crippen LogP contribution in [0.3, 0.4) is 0 Å². The van der Waals surface area contributed by atoms with Gasteiger partial charge in [-0.1, -0.05) is 32.4 Å². The van der Waals surface area contributed by atoms with Crippen LogP contribution in [0, 0.1) is 5.92 Å². The van der Waals surface area contributed by atoms with Gasteiger partial charge in [0, 0.05) is 0 Å². The molecule has 0 amide bonds. The lowest BCUT2D eigenvalue weighted by Gasteiger charge is -2.26. The summed E-state index contributed by atoms with van der Waals surface area (Å²) in [6.45, 7) is 5.19. The first-order valence-electron chi connectivity index (χ1n) is 7.40. The molecule has 102 valence electrons. The molecule has 1 aliphatic heterocycles. The second-order valence-corrected chi connectivity index (χ2v) is 5.80. The van der Waals surface area contributed by atoms with Crippen LogP contribution in [0.5, 0.6) is 0 Å². The van der Waals surface area contributed by atoms with Crippen molar-refractivity contribution in [2.75, 3.05) is 6.61 Å². The molecule has 1 fully saturated rings. The molecule has 0 aromatic rings. The molecular weight excluding hydrogens is 224 g/mol. The summed E-state index contributed by atoms with van der Waals surface area (Å²) in [6, 6.07) is 0. The largest absolute Gasteiger partial charge is 0.492 e. The summed E-state index contributed by atoms with van der Waals surface area (Å²) in [5, 5.41) is 0. The number of allylic oxidation sites excluding steroid dienone is 1. The molecule has 2 rings (SSSR count). The van der Waals surface area contributed by atoms with Gasteiger partial charge in [-0.05, 0) is 44.1 Å². The average Bonchev–Trinajstić information content (AvgIpc) is 2.89. The second-order valence-electron chi connectivity index (χ2n) is 5.80. The second kappa shape index (κ2) is 6.98. The van der Waals surface area contributed by atoms with Crippen molar-refractivity contribution >= 4 is 0 Å². The van der Waals surface area contributed by atoms with Crippen molar-refractivity contribution in [2.45, 2.75) is 64.6 Å². The summed E-state index contributed by atoms with van der Waals surface area (Å²) < 4.78 is 11.9. The van der Waals surface area contributed by atoms with Gasteiger partial charge in [0.25, 0.3) is 0 Å². The molecule has 1 unspecified atom stereocenters. The lowest BCUT2D eigenvalue weighted by Crippen LogP contribution is -2.21. The molecule has 1 heterocycles. The fraction of sp³-hybridized carbons (Fsp3) is 0.750. The Morgan fingerprint density at radius 1 is 1.33 bits per heavy atom. The lowest BCUT2D eigenvalue weighted by atomic mass is 9.97. The van der Waals surface area contributed by atoms with E-state index in [1.807, 2.05) is 0 Å². The van der Waals surface area contributed by atoms with Crippen molar-refractivity contribution in [3.63, 3.8) is 0 Å². The van der Waals surface area contributed by atoms with Crippen molar-refractivity contribution in [3.05, 3.63) is 24.0 Å². The molecule has 1 atom stereocenters. The highest BCUT2D eigenvalue weighted by Gasteiger charge is 2.22. The van der Waals surface area contributed by atoms with E-state index in [0.29, 0.717) is 12.0 Å². The highest BCUT2D eigenvalue weighted by Crippen LogP contribution is 2.26. The minimum atomic E-state index is 0.0608. The Kier molecular flexibility index (Phi) is 5.30. The summed E-state index contributed by atoms with van der Waals surface area (Å²) >= 11 is 0. The maximum absolute atomic E-state index is 6.21. The standard InChI is InChI=1S/C16H26O2/c1-13(2)10-11-16(15-9-6-12-17-15)18-14-7-4-3-5-8-14/h6,9,11,13-15H,3-5,7-8,10,12H2,1-2H3/b16-11+. The molecular formula is C16H26O2. The molecule has 2 aliphatic rings. The van der Waals surface area contributed by atoms with Crippen LogP contribution in [0.4, 0.5) is 0 Å². The zero-order valence-corrected chi connectivity index (χ0v) is 11.7. The molecule has 0 aromatic heterocycles. The zero-order chi connectivity index (χ0) is 12.8. The molecule has 1 saturated carbocycles. The Morgan fingerprint density at radius 3 is 2.72 bits per heavy atom. The van der Waals surface area contributed by atoms with Crippen molar-refractivity contribution in [3.8, 4) is 0 Å². The minimum absolute atomic E-state index is 0.0608. The molecule has 0 saturated heterocycles. The van der Waals surface area contributed by atoms with Crippen LogP contribution in [0.15, 0.2) is 24.0 Å². The van der Waals surface area contributed by atoms with Crippen molar-refractivity contribution in [1.29, 1.82) is 0 Å². The van der Waals surface area contributed by atoms with E-state index >= 15 is 0 Å². The quantitative estimate of drug-likeness (QED) is 0.537. The van der Waals surface area contributed by atoms with Gasteiger partial charge >= 0.3 is 0 Å². The fourth-order valence-corrected chi connectivity index (χ4v) is 2.53. The normalized spacial score (nSPS) is 25.9. The molecule has 2 heteroatoms. The summed E-state index contributed by atoms with van der Waals surface area (Å²) in [6.07, 6.45) is 14.4. The Labute approximate surface area is 111 Å². The number of rotatable bonds is 5. The molecule has 0 aromatic carbocycles. The first-order chi connectivity index (χ1) is 8.75. The fourth-order valence-electron chi connectivity index (χ4n) is 2.53. The predicted molar refractivity (Wildman–Crippen MR) is 74.4 cm³/mol. The third-order valence-corrected chi connectivity index (χ3v) is 3.61. The van der Waals surface area contributed by atoms with Crippen LogP contribution in [0.25, 0.3) is 0 Å². The molecule has 0 bridgehead atoms. The molecule has 18 heavy (non-hydrogen) atoms. The molecule has 0 N–H and O–H groups in total. The van der Waals surface area contributed by atoms with E-state index in [9.17, 15) is 0 Å². The van der Waals surface area contributed by atoms with Gasteiger partial charge < -0.3 is 9.47 Å². The Balaban J connectivity index is 1.94. The molecule has 0 radical (unpaired) electrons. The number of hydrogen-bond acceptors (Lipinski definition) is 2. The third kappa shape index (κ3) is 4.16. The van der Waals surface area contributed by atoms with Gasteiger partial charge in [0.1, 0.15) is 11.9 Å². The van der Waals surface area contributed by atoms with Gasteiger partial charge in [-0.25, -0.2) is 0 Å². The Hall–Kier alpha value is -0.760. The van der Waals surface area contributed by atoms with Crippen molar-refractivity contribution in [1.82, 2.24) is 0 Å². The van der Waals surface area contributed by atoms with E-state index in [-0.39, 0.29) is 6.10 Å². The Morgan fingerprint density at radius 2 is 2.11 bits per heavy atom. The number of hydrogen-bond donors (Lipinski definition) is 0. The van der Waals surface area contributed by atoms with Crippen molar-refractivity contribution < 1.29 is 9.47 Å². The minimum Gasteiger partial charge on any atom is -0.492 e. The first-order valence-corrected chi connectivity index (χ1v) is 7.40. The predicted octanol–water partition coefficient (Wildman–Crippen LogP) is 4.22. The maximum atomic E-state index is 6.21. The smallest absolute Gasteiger partial charge is 0.133 e. The zero-order valence-electron chi connectivity index (χ0n) is 11.7. The van der Waals surface area contributed by atoms with Gasteiger partial charge in [-0.15, -0.1) is 0 Å². The molecule has 0 spiro atoms. The van der Waals surface area contributed by atoms with E-state index < -0.39 is 0 Å². The van der Waals surface area contributed by atoms with Crippen molar-refractivity contribution in [2.24, 2.45) is 5.92 Å². The lowest BCUT2D eigenvalue weighted by molar-refractivity contribution is 0.0285. The highest BCUT2D eigenvalue weighted by molar-refractivity contribution is 5.14. The van der Waals surface area contributed by atoms with Gasteiger partial charge in [-0.2, -0.15) is 0 Å². The summed E-state index contributed by atoms with van der Waals surface area (Å²) in [4.78, 5) is 0. The van der Waals surface area contributed by atoms with Crippen LogP contribution >= 0.6 is 0 Å². The van der Waals surface area contributed by atoms with Gasteiger partial charge in [0.15, 0.2) is 0 Å². The van der Waals surface area contributed by atoms with Crippen LogP contribution < -0.4 is 0 Å². The van der Waals surface area contributed by atoms with Gasteiger partial charge in [0.05, 0.1) is 12.7 Å². The Bertz CT molecular complexity index is 298. The first kappa shape index (κ1) is 13.7. The topological polar surface area (TPSA) is 18.5 Å². The monoisotopic (exact) mass is 250 g/mol. The van der Waals surface area contributed by atoms with E-state index in [1.54, 1.807) is 0 Å². The van der Waals surface area contributed by atoms with E-state index in [0.717, 1.165) is 18.8 Å². The molecule has 1 aliphatic carbocycles. The van der Waals surface area contributed by atoms with E-state index in [4.69, 9.17) is 9.47 Å². The van der Waals surface area contributed by atoms with Gasteiger partial charge in [0.2, 0.25) is 0 Å². The van der Waals surface area contributed by atoms with Gasteiger partial charge in [-0.3, -0.25) is 0 Å². The summed E-state index contributed by atoms with van der Waals surface area (Å²) in [5.74, 6) is 1.71. The summed E-state index contributed by atoms with van der Waals surface area (Å²) in [7, 11) is 0. The van der Waals surface area contributed by atoms with Crippen LogP contribution in [0.1, 0.15) is 52.4 Å². The summed E-state index contributed by atoms with van der Waals surface area (Å²) in [5.41, 5.74) is 0. The van der Waals surface area contributed by atoms with Crippen LogP contribution in [-0.4, -0.2) is 18.8 Å². The highest BCUT2D eigenvalue weighted by atomic mass is 16.5. The van der Waals surface area contributed by atoms with Crippen LogP contribution in [0.2, 0.25) is 0 Å². The number of ether oxygens (including phenoxy) is 2. The van der Waals surface area contributed by atoms with E-state index in [2.05, 4.69) is 32.1 Å². The molecule has 2 nitrogen and oxygen atoms in total. The average molecular weight is 250 g/mol.